The van der Waals surface area contributed by atoms with Crippen LogP contribution in [0.25, 0.3) is 0 Å². The van der Waals surface area contributed by atoms with Crippen LogP contribution in [0.4, 0.5) is 0 Å². The van der Waals surface area contributed by atoms with E-state index in [-0.39, 0.29) is 0 Å². The molecule has 0 saturated heterocycles. The maximum absolute atomic E-state index is 9.08. The van der Waals surface area contributed by atoms with Crippen molar-refractivity contribution in [3.8, 4) is 0 Å². The van der Waals surface area contributed by atoms with Gasteiger partial charge in [0.05, 0.1) is 6.26 Å². The Balaban J connectivity index is 3.68. The topological polar surface area (TPSA) is 43.7 Å². The lowest BCUT2D eigenvalue weighted by molar-refractivity contribution is 0.0704. The van der Waals surface area contributed by atoms with E-state index in [1.807, 2.05) is 0 Å². The smallest absolute Gasteiger partial charge is 0.129 e. The monoisotopic (exact) mass is 143 g/mol. The van der Waals surface area contributed by atoms with E-state index in [0.717, 1.165) is 6.26 Å². The molecule has 3 heteroatoms. The molecule has 1 atom stereocenters. The zero-order valence-corrected chi connectivity index (χ0v) is 6.07. The summed E-state index contributed by atoms with van der Waals surface area (Å²) < 4.78 is 0. The lowest BCUT2D eigenvalue weighted by Gasteiger charge is -2.17. The molecule has 0 heterocycles. The number of hydrogen-bond donors (Lipinski definition) is 2. The Bertz CT molecular complexity index is 123. The van der Waals surface area contributed by atoms with Gasteiger partial charge in [0.15, 0.2) is 0 Å². The second kappa shape index (κ2) is 5.02. The normalized spacial score (nSPS) is 14.3. The maximum Gasteiger partial charge on any atom is 0.129 e. The minimum atomic E-state index is -0.733. The fourth-order valence-electron chi connectivity index (χ4n) is 0.536. The third kappa shape index (κ3) is 3.27. The van der Waals surface area contributed by atoms with Crippen molar-refractivity contribution in [1.29, 1.82) is 0 Å². The van der Waals surface area contributed by atoms with Crippen LogP contribution in [0.5, 0.6) is 0 Å². The molecule has 0 amide bonds. The highest BCUT2D eigenvalue weighted by molar-refractivity contribution is 4.83. The fourth-order valence-corrected chi connectivity index (χ4v) is 0.536. The molecule has 58 valence electrons. The molecule has 10 heavy (non-hydrogen) atoms. The molecule has 0 rings (SSSR count). The van der Waals surface area contributed by atoms with Crippen LogP contribution in [0.2, 0.25) is 0 Å². The maximum atomic E-state index is 9.08. The first-order valence-electron chi connectivity index (χ1n) is 3.02. The second-order valence-electron chi connectivity index (χ2n) is 1.98. The SMILES string of the molecule is C=CCN(C)C(O)C=CO. The van der Waals surface area contributed by atoms with E-state index in [1.165, 1.54) is 6.08 Å². The summed E-state index contributed by atoms with van der Waals surface area (Å²) in [4.78, 5) is 1.62. The number of nitrogens with zero attached hydrogens (tertiary/aromatic N) is 1. The molecule has 1 unspecified atom stereocenters. The van der Waals surface area contributed by atoms with Gasteiger partial charge in [-0.25, -0.2) is 0 Å². The molecule has 3 nitrogen and oxygen atoms in total. The molecule has 0 aromatic heterocycles. The van der Waals surface area contributed by atoms with Crippen molar-refractivity contribution < 1.29 is 10.2 Å². The van der Waals surface area contributed by atoms with Gasteiger partial charge in [0, 0.05) is 6.54 Å². The van der Waals surface area contributed by atoms with E-state index in [2.05, 4.69) is 6.58 Å². The van der Waals surface area contributed by atoms with E-state index in [9.17, 15) is 0 Å². The molecule has 2 N–H and O–H groups in total. The lowest BCUT2D eigenvalue weighted by Crippen LogP contribution is -2.29. The predicted octanol–water partition coefficient (Wildman–Crippen LogP) is 0.494. The van der Waals surface area contributed by atoms with Crippen LogP contribution in [0.15, 0.2) is 25.0 Å². The van der Waals surface area contributed by atoms with Crippen molar-refractivity contribution in [3.05, 3.63) is 25.0 Å². The minimum Gasteiger partial charge on any atom is -0.516 e. The molecule has 0 aromatic carbocycles. The van der Waals surface area contributed by atoms with Crippen molar-refractivity contribution in [3.63, 3.8) is 0 Å². The quantitative estimate of drug-likeness (QED) is 0.342. The summed E-state index contributed by atoms with van der Waals surface area (Å²) in [6.45, 7) is 4.09. The van der Waals surface area contributed by atoms with Gasteiger partial charge in [-0.1, -0.05) is 6.08 Å². The predicted molar refractivity (Wildman–Crippen MR) is 40.6 cm³/mol. The second-order valence-corrected chi connectivity index (χ2v) is 1.98. The van der Waals surface area contributed by atoms with Crippen molar-refractivity contribution in [2.45, 2.75) is 6.23 Å². The number of likely N-dealkylation sites (N-methyl/N-ethyl adjacent to an activating group) is 1. The summed E-state index contributed by atoms with van der Waals surface area (Å²) in [7, 11) is 1.73. The molecule has 0 aliphatic rings. The summed E-state index contributed by atoms with van der Waals surface area (Å²) in [5, 5.41) is 17.3. The van der Waals surface area contributed by atoms with Gasteiger partial charge in [0.25, 0.3) is 0 Å². The van der Waals surface area contributed by atoms with E-state index in [1.54, 1.807) is 18.0 Å². The molecule has 0 bridgehead atoms. The van der Waals surface area contributed by atoms with Crippen LogP contribution >= 0.6 is 0 Å². The van der Waals surface area contributed by atoms with E-state index >= 15 is 0 Å². The van der Waals surface area contributed by atoms with E-state index < -0.39 is 6.23 Å². The van der Waals surface area contributed by atoms with Crippen LogP contribution in [0.1, 0.15) is 0 Å². The van der Waals surface area contributed by atoms with E-state index in [0.29, 0.717) is 6.54 Å². The Kier molecular flexibility index (Phi) is 4.62. The van der Waals surface area contributed by atoms with Crippen molar-refractivity contribution in [2.24, 2.45) is 0 Å². The Hall–Kier alpha value is -0.800. The van der Waals surface area contributed by atoms with Crippen molar-refractivity contribution in [1.82, 2.24) is 4.90 Å². The molecule has 0 spiro atoms. The van der Waals surface area contributed by atoms with Crippen molar-refractivity contribution >= 4 is 0 Å². The Morgan fingerprint density at radius 2 is 2.30 bits per heavy atom. The molecular weight excluding hydrogens is 130 g/mol. The summed E-state index contributed by atoms with van der Waals surface area (Å²) in [6, 6.07) is 0. The summed E-state index contributed by atoms with van der Waals surface area (Å²) in [5.41, 5.74) is 0. The first-order chi connectivity index (χ1) is 4.72. The van der Waals surface area contributed by atoms with Gasteiger partial charge in [-0.3, -0.25) is 4.90 Å². The molecule has 0 fully saturated rings. The summed E-state index contributed by atoms with van der Waals surface area (Å²) in [6.07, 6.45) is 3.05. The van der Waals surface area contributed by atoms with E-state index in [4.69, 9.17) is 10.2 Å². The Morgan fingerprint density at radius 3 is 2.70 bits per heavy atom. The van der Waals surface area contributed by atoms with Gasteiger partial charge >= 0.3 is 0 Å². The van der Waals surface area contributed by atoms with Crippen molar-refractivity contribution in [2.75, 3.05) is 13.6 Å². The Morgan fingerprint density at radius 1 is 1.70 bits per heavy atom. The highest BCUT2D eigenvalue weighted by atomic mass is 16.3. The molecule has 0 aliphatic heterocycles. The van der Waals surface area contributed by atoms with Gasteiger partial charge < -0.3 is 10.2 Å². The molecular formula is C7H13NO2. The van der Waals surface area contributed by atoms with Crippen LogP contribution in [-0.2, 0) is 0 Å². The van der Waals surface area contributed by atoms with Crippen LogP contribution in [0, 0.1) is 0 Å². The highest BCUT2D eigenvalue weighted by Gasteiger charge is 2.03. The van der Waals surface area contributed by atoms with Crippen LogP contribution < -0.4 is 0 Å². The third-order valence-electron chi connectivity index (χ3n) is 1.13. The standard InChI is InChI=1S/C7H13NO2/c1-3-5-8(2)7(10)4-6-9/h3-4,6-7,9-10H,1,5H2,2H3. The Labute approximate surface area is 60.9 Å². The molecule has 0 aliphatic carbocycles. The average Bonchev–Trinajstić information content (AvgIpc) is 1.89. The number of rotatable bonds is 4. The van der Waals surface area contributed by atoms with Gasteiger partial charge in [-0.15, -0.1) is 6.58 Å². The number of aliphatic hydroxyl groups excluding tert-OH is 2. The summed E-state index contributed by atoms with van der Waals surface area (Å²) >= 11 is 0. The molecule has 0 radical (unpaired) electrons. The molecule has 0 aromatic rings. The van der Waals surface area contributed by atoms with Gasteiger partial charge in [0.2, 0.25) is 0 Å². The fraction of sp³-hybridized carbons (Fsp3) is 0.429. The average molecular weight is 143 g/mol. The largest absolute Gasteiger partial charge is 0.516 e. The van der Waals surface area contributed by atoms with Crippen LogP contribution in [-0.4, -0.2) is 34.9 Å². The van der Waals surface area contributed by atoms with Gasteiger partial charge in [0.1, 0.15) is 6.23 Å². The first-order valence-corrected chi connectivity index (χ1v) is 3.02. The third-order valence-corrected chi connectivity index (χ3v) is 1.13. The first kappa shape index (κ1) is 9.20. The zero-order chi connectivity index (χ0) is 7.98. The lowest BCUT2D eigenvalue weighted by atomic mass is 10.4. The number of hydrogen-bond acceptors (Lipinski definition) is 3. The zero-order valence-electron chi connectivity index (χ0n) is 6.07. The van der Waals surface area contributed by atoms with Gasteiger partial charge in [-0.05, 0) is 13.1 Å². The van der Waals surface area contributed by atoms with Gasteiger partial charge in [-0.2, -0.15) is 0 Å². The summed E-state index contributed by atoms with van der Waals surface area (Å²) in [5.74, 6) is 0. The minimum absolute atomic E-state index is 0.589. The van der Waals surface area contributed by atoms with Crippen LogP contribution in [0.3, 0.4) is 0 Å². The number of aliphatic hydroxyl groups is 2. The highest BCUT2D eigenvalue weighted by Crippen LogP contribution is 1.92. The molecule has 0 saturated carbocycles.